The molecule has 0 bridgehead atoms. The SMILES string of the molecule is CC1(C)[C@H](Br)CC[C@@](C)(OC(C(F)(F)F)C(F)(F)F)[C@@H]1CO. The van der Waals surface area contributed by atoms with E-state index in [0.29, 0.717) is 6.42 Å². The monoisotopic (exact) mass is 400 g/mol. The molecule has 0 aromatic carbocycles. The van der Waals surface area contributed by atoms with Gasteiger partial charge in [0.15, 0.2) is 0 Å². The largest absolute Gasteiger partial charge is 0.423 e. The first-order valence-corrected chi connectivity index (χ1v) is 7.64. The Morgan fingerprint density at radius 3 is 1.95 bits per heavy atom. The summed E-state index contributed by atoms with van der Waals surface area (Å²) in [5.41, 5.74) is -2.44. The Morgan fingerprint density at radius 1 is 1.14 bits per heavy atom. The van der Waals surface area contributed by atoms with Gasteiger partial charge in [-0.1, -0.05) is 29.8 Å². The molecule has 0 unspecified atom stereocenters. The van der Waals surface area contributed by atoms with Crippen LogP contribution in [0.3, 0.4) is 0 Å². The number of hydrogen-bond donors (Lipinski definition) is 1. The Balaban J connectivity index is 3.16. The van der Waals surface area contributed by atoms with Gasteiger partial charge < -0.3 is 9.84 Å². The van der Waals surface area contributed by atoms with Crippen LogP contribution in [0.1, 0.15) is 33.6 Å². The van der Waals surface area contributed by atoms with E-state index in [0.717, 1.165) is 0 Å². The van der Waals surface area contributed by atoms with Gasteiger partial charge in [-0.3, -0.25) is 0 Å². The maximum absolute atomic E-state index is 12.7. The normalized spacial score (nSPS) is 33.3. The molecule has 0 heterocycles. The predicted octanol–water partition coefficient (Wildman–Crippen LogP) is 4.45. The minimum Gasteiger partial charge on any atom is -0.396 e. The molecule has 1 fully saturated rings. The number of ether oxygens (including phenoxy) is 1. The van der Waals surface area contributed by atoms with Gasteiger partial charge in [-0.15, -0.1) is 0 Å². The van der Waals surface area contributed by atoms with Crippen molar-refractivity contribution in [3.63, 3.8) is 0 Å². The summed E-state index contributed by atoms with van der Waals surface area (Å²) in [7, 11) is 0. The summed E-state index contributed by atoms with van der Waals surface area (Å²) in [6.07, 6.45) is -14.6. The second-order valence-electron chi connectivity index (χ2n) is 6.46. The average Bonchev–Trinajstić information content (AvgIpc) is 2.29. The van der Waals surface area contributed by atoms with Gasteiger partial charge >= 0.3 is 12.4 Å². The van der Waals surface area contributed by atoms with Crippen LogP contribution in [0.4, 0.5) is 26.3 Å². The molecule has 3 atom stereocenters. The highest BCUT2D eigenvalue weighted by Crippen LogP contribution is 2.52. The van der Waals surface area contributed by atoms with Crippen molar-refractivity contribution in [3.05, 3.63) is 0 Å². The lowest BCUT2D eigenvalue weighted by Gasteiger charge is -2.53. The lowest BCUT2D eigenvalue weighted by Crippen LogP contribution is -2.59. The van der Waals surface area contributed by atoms with Crippen LogP contribution in [0.5, 0.6) is 0 Å². The lowest BCUT2D eigenvalue weighted by atomic mass is 9.62. The molecule has 1 aliphatic carbocycles. The summed E-state index contributed by atoms with van der Waals surface area (Å²) >= 11 is 3.38. The second kappa shape index (κ2) is 6.12. The molecule has 0 aromatic heterocycles. The highest BCUT2D eigenvalue weighted by atomic mass is 79.9. The zero-order valence-corrected chi connectivity index (χ0v) is 13.9. The Kier molecular flexibility index (Phi) is 5.57. The Bertz CT molecular complexity index is 381. The van der Waals surface area contributed by atoms with Crippen molar-refractivity contribution < 1.29 is 36.2 Å². The molecule has 0 radical (unpaired) electrons. The second-order valence-corrected chi connectivity index (χ2v) is 7.56. The van der Waals surface area contributed by atoms with E-state index in [1.54, 1.807) is 13.8 Å². The molecule has 0 spiro atoms. The zero-order chi connectivity index (χ0) is 17.6. The standard InChI is InChI=1S/C13H19BrF6O2/c1-10(2)7(6-21)11(3,5-4-8(10)14)22-9(12(15,16)17)13(18,19)20/h7-9,21H,4-6H2,1-3H3/t7-,8-,11-/m1/s1. The number of halogens is 7. The van der Waals surface area contributed by atoms with Crippen molar-refractivity contribution in [1.82, 2.24) is 0 Å². The van der Waals surface area contributed by atoms with Gasteiger partial charge in [0.05, 0.1) is 5.60 Å². The Hall–Kier alpha value is -0.0200. The third-order valence-corrected chi connectivity index (χ3v) is 6.14. The molecule has 132 valence electrons. The van der Waals surface area contributed by atoms with Crippen LogP contribution in [0.25, 0.3) is 0 Å². The fourth-order valence-corrected chi connectivity index (χ4v) is 3.67. The molecule has 1 saturated carbocycles. The molecule has 0 amide bonds. The minimum atomic E-state index is -5.56. The summed E-state index contributed by atoms with van der Waals surface area (Å²) < 4.78 is 80.9. The first-order valence-electron chi connectivity index (χ1n) is 6.72. The number of alkyl halides is 7. The third-order valence-electron chi connectivity index (χ3n) is 4.50. The molecule has 1 aliphatic rings. The molecular weight excluding hydrogens is 382 g/mol. The summed E-state index contributed by atoms with van der Waals surface area (Å²) in [5.74, 6) is -0.870. The maximum atomic E-state index is 12.7. The van der Waals surface area contributed by atoms with Gasteiger partial charge in [0, 0.05) is 17.4 Å². The number of hydrogen-bond acceptors (Lipinski definition) is 2. The summed E-state index contributed by atoms with van der Waals surface area (Å²) in [4.78, 5) is -0.135. The molecule has 9 heteroatoms. The average molecular weight is 401 g/mol. The molecule has 2 nitrogen and oxygen atoms in total. The van der Waals surface area contributed by atoms with E-state index >= 15 is 0 Å². The van der Waals surface area contributed by atoms with Crippen LogP contribution in [-0.4, -0.2) is 40.6 Å². The van der Waals surface area contributed by atoms with E-state index in [-0.39, 0.29) is 11.2 Å². The van der Waals surface area contributed by atoms with Crippen molar-refractivity contribution in [2.24, 2.45) is 11.3 Å². The van der Waals surface area contributed by atoms with Crippen molar-refractivity contribution >= 4 is 15.9 Å². The lowest BCUT2D eigenvalue weighted by molar-refractivity contribution is -0.355. The summed E-state index contributed by atoms with van der Waals surface area (Å²) in [6, 6.07) is 0. The molecule has 1 N–H and O–H groups in total. The van der Waals surface area contributed by atoms with E-state index in [4.69, 9.17) is 0 Å². The first kappa shape index (κ1) is 20.0. The van der Waals surface area contributed by atoms with Gasteiger partial charge in [-0.2, -0.15) is 26.3 Å². The van der Waals surface area contributed by atoms with E-state index < -0.39 is 42.0 Å². The number of aliphatic hydroxyl groups excluding tert-OH is 1. The van der Waals surface area contributed by atoms with Crippen LogP contribution >= 0.6 is 15.9 Å². The van der Waals surface area contributed by atoms with E-state index in [2.05, 4.69) is 20.7 Å². The molecule has 1 rings (SSSR count). The van der Waals surface area contributed by atoms with Gasteiger partial charge in [-0.25, -0.2) is 0 Å². The predicted molar refractivity (Wildman–Crippen MR) is 71.7 cm³/mol. The van der Waals surface area contributed by atoms with Crippen molar-refractivity contribution in [1.29, 1.82) is 0 Å². The van der Waals surface area contributed by atoms with Crippen LogP contribution in [0.2, 0.25) is 0 Å². The van der Waals surface area contributed by atoms with Gasteiger partial charge in [-0.05, 0) is 25.2 Å². The van der Waals surface area contributed by atoms with Gasteiger partial charge in [0.25, 0.3) is 0 Å². The fraction of sp³-hybridized carbons (Fsp3) is 1.00. The van der Waals surface area contributed by atoms with E-state index in [1.807, 2.05) is 0 Å². The Morgan fingerprint density at radius 2 is 1.59 bits per heavy atom. The fourth-order valence-electron chi connectivity index (χ4n) is 3.12. The molecule has 0 saturated heterocycles. The summed E-state index contributed by atoms with van der Waals surface area (Å²) in [5, 5.41) is 9.54. The quantitative estimate of drug-likeness (QED) is 0.560. The van der Waals surface area contributed by atoms with Crippen molar-refractivity contribution in [2.45, 2.75) is 62.5 Å². The summed E-state index contributed by atoms with van der Waals surface area (Å²) in [6.45, 7) is 4.02. The Labute approximate surface area is 133 Å². The van der Waals surface area contributed by atoms with Crippen LogP contribution in [-0.2, 0) is 4.74 Å². The van der Waals surface area contributed by atoms with Crippen LogP contribution < -0.4 is 0 Å². The number of aliphatic hydroxyl groups is 1. The maximum Gasteiger partial charge on any atom is 0.423 e. The molecule has 22 heavy (non-hydrogen) atoms. The highest BCUT2D eigenvalue weighted by Gasteiger charge is 2.62. The highest BCUT2D eigenvalue weighted by molar-refractivity contribution is 9.09. The van der Waals surface area contributed by atoms with Crippen LogP contribution in [0.15, 0.2) is 0 Å². The zero-order valence-electron chi connectivity index (χ0n) is 12.4. The van der Waals surface area contributed by atoms with E-state index in [1.165, 1.54) is 6.92 Å². The van der Waals surface area contributed by atoms with Crippen LogP contribution in [0, 0.1) is 11.3 Å². The molecule has 0 aliphatic heterocycles. The van der Waals surface area contributed by atoms with E-state index in [9.17, 15) is 31.4 Å². The first-order chi connectivity index (χ1) is 9.66. The van der Waals surface area contributed by atoms with Crippen molar-refractivity contribution in [3.8, 4) is 0 Å². The minimum absolute atomic E-state index is 0.0137. The topological polar surface area (TPSA) is 29.5 Å². The smallest absolute Gasteiger partial charge is 0.396 e. The molecular formula is C13H19BrF6O2. The van der Waals surface area contributed by atoms with Gasteiger partial charge in [0.1, 0.15) is 0 Å². The third kappa shape index (κ3) is 3.90. The van der Waals surface area contributed by atoms with Gasteiger partial charge in [0.2, 0.25) is 6.10 Å². The molecule has 0 aromatic rings. The van der Waals surface area contributed by atoms with Crippen molar-refractivity contribution in [2.75, 3.05) is 6.61 Å². The number of rotatable bonds is 3.